The van der Waals surface area contributed by atoms with Gasteiger partial charge in [-0.25, -0.2) is 0 Å². The molecule has 0 unspecified atom stereocenters. The highest BCUT2D eigenvalue weighted by atomic mass is 16.3. The molecule has 0 aliphatic rings. The maximum Gasteiger partial charge on any atom is 0.135 e. The minimum Gasteiger partial charge on any atom is -0.456 e. The van der Waals surface area contributed by atoms with Crippen LogP contribution in [0.2, 0.25) is 0 Å². The highest BCUT2D eigenvalue weighted by molar-refractivity contribution is 5.89. The number of rotatable bonds is 8. The fraction of sp³-hybridized carbons (Fsp3) is 0.0909. The molecule has 2 heterocycles. The Bertz CT molecular complexity index is 1510. The zero-order valence-electron chi connectivity index (χ0n) is 20.7. The van der Waals surface area contributed by atoms with E-state index in [1.807, 2.05) is 31.2 Å². The van der Waals surface area contributed by atoms with Gasteiger partial charge in [-0.1, -0.05) is 74.4 Å². The summed E-state index contributed by atoms with van der Waals surface area (Å²) in [7, 11) is 0. The summed E-state index contributed by atoms with van der Waals surface area (Å²) in [6.07, 6.45) is 17.6. The minimum absolute atomic E-state index is 0.861. The monoisotopic (exact) mass is 457 g/mol. The topological polar surface area (TPSA) is 18.1 Å². The lowest BCUT2D eigenvalue weighted by Crippen LogP contribution is -2.00. The summed E-state index contributed by atoms with van der Waals surface area (Å²) in [5.41, 5.74) is 9.94. The fourth-order valence-electron chi connectivity index (χ4n) is 4.52. The van der Waals surface area contributed by atoms with E-state index in [4.69, 9.17) is 4.42 Å². The van der Waals surface area contributed by atoms with Crippen LogP contribution in [0.4, 0.5) is 0 Å². The van der Waals surface area contributed by atoms with Gasteiger partial charge >= 0.3 is 0 Å². The van der Waals surface area contributed by atoms with Crippen molar-refractivity contribution in [3.8, 4) is 16.8 Å². The van der Waals surface area contributed by atoms with Crippen molar-refractivity contribution in [3.05, 3.63) is 126 Å². The Morgan fingerprint density at radius 2 is 1.54 bits per heavy atom. The van der Waals surface area contributed by atoms with Gasteiger partial charge in [0.1, 0.15) is 11.3 Å². The second kappa shape index (κ2) is 10.3. The number of fused-ring (bicyclic) bond motifs is 1. The highest BCUT2D eigenvalue weighted by Gasteiger charge is 2.17. The van der Waals surface area contributed by atoms with E-state index in [9.17, 15) is 0 Å². The molecular formula is C33H31NO. The van der Waals surface area contributed by atoms with Gasteiger partial charge in [0.25, 0.3) is 0 Å². The third kappa shape index (κ3) is 4.43. The second-order valence-electron chi connectivity index (χ2n) is 8.39. The van der Waals surface area contributed by atoms with Crippen LogP contribution < -0.4 is 0 Å². The van der Waals surface area contributed by atoms with E-state index in [1.54, 1.807) is 12.2 Å². The minimum atomic E-state index is 0.861. The molecule has 0 N–H and O–H groups in total. The molecular weight excluding hydrogens is 426 g/mol. The van der Waals surface area contributed by atoms with Crippen LogP contribution in [0.15, 0.2) is 97.0 Å². The number of aromatic nitrogens is 1. The van der Waals surface area contributed by atoms with Crippen LogP contribution in [-0.2, 0) is 0 Å². The summed E-state index contributed by atoms with van der Waals surface area (Å²) in [5.74, 6) is 0.861. The van der Waals surface area contributed by atoms with Gasteiger partial charge in [-0.05, 0) is 80.0 Å². The van der Waals surface area contributed by atoms with Gasteiger partial charge in [-0.2, -0.15) is 0 Å². The van der Waals surface area contributed by atoms with Crippen LogP contribution in [0.25, 0.3) is 52.1 Å². The van der Waals surface area contributed by atoms with Gasteiger partial charge in [0.2, 0.25) is 0 Å². The Hall–Kier alpha value is -4.30. The van der Waals surface area contributed by atoms with Crippen molar-refractivity contribution in [1.29, 1.82) is 0 Å². The molecule has 35 heavy (non-hydrogen) atoms. The molecule has 0 aliphatic carbocycles. The number of aryl methyl sites for hydroxylation is 1. The molecule has 0 saturated heterocycles. The Morgan fingerprint density at radius 1 is 0.800 bits per heavy atom. The standard InChI is InChI=1S/C33H31NO/c1-7-11-17-30-23(5)28(10-4)31(14-9-3)34(30)27-16-13-15-25(21-27)26-19-20-33-29(22-26)24(6)32(35-33)18-12-8-2/h7-22H,1-2,4H2,3,5-6H3/b14-9-,17-11-,18-12-. The summed E-state index contributed by atoms with van der Waals surface area (Å²) < 4.78 is 8.32. The van der Waals surface area contributed by atoms with Gasteiger partial charge in [0.05, 0.1) is 5.69 Å². The average molecular weight is 458 g/mol. The molecule has 0 atom stereocenters. The third-order valence-electron chi connectivity index (χ3n) is 6.26. The van der Waals surface area contributed by atoms with Crippen molar-refractivity contribution < 1.29 is 4.42 Å². The van der Waals surface area contributed by atoms with Crippen LogP contribution in [0.3, 0.4) is 0 Å². The highest BCUT2D eigenvalue weighted by Crippen LogP contribution is 2.34. The van der Waals surface area contributed by atoms with Gasteiger partial charge in [-0.3, -0.25) is 0 Å². The number of hydrogen-bond acceptors (Lipinski definition) is 1. The normalized spacial score (nSPS) is 11.9. The number of allylic oxidation sites excluding steroid dienone is 5. The molecule has 0 spiro atoms. The first-order valence-electron chi connectivity index (χ1n) is 11.8. The van der Waals surface area contributed by atoms with E-state index in [0.29, 0.717) is 0 Å². The van der Waals surface area contributed by atoms with Crippen molar-refractivity contribution in [2.45, 2.75) is 20.8 Å². The van der Waals surface area contributed by atoms with Crippen LogP contribution in [0.1, 0.15) is 40.8 Å². The molecule has 2 nitrogen and oxygen atoms in total. The largest absolute Gasteiger partial charge is 0.456 e. The number of benzene rings is 2. The molecule has 0 aliphatic heterocycles. The van der Waals surface area contributed by atoms with Crippen LogP contribution in [-0.4, -0.2) is 4.57 Å². The molecule has 2 aromatic heterocycles. The van der Waals surface area contributed by atoms with E-state index in [-0.39, 0.29) is 0 Å². The molecule has 0 amide bonds. The molecule has 2 aromatic carbocycles. The van der Waals surface area contributed by atoms with Crippen molar-refractivity contribution in [1.82, 2.24) is 4.57 Å². The fourth-order valence-corrected chi connectivity index (χ4v) is 4.52. The Morgan fingerprint density at radius 3 is 2.26 bits per heavy atom. The van der Waals surface area contributed by atoms with Crippen molar-refractivity contribution in [2.24, 2.45) is 0 Å². The summed E-state index contributed by atoms with van der Waals surface area (Å²) in [6, 6.07) is 15.0. The lowest BCUT2D eigenvalue weighted by atomic mass is 10.0. The summed E-state index contributed by atoms with van der Waals surface area (Å²) in [4.78, 5) is 0. The molecule has 2 heteroatoms. The van der Waals surface area contributed by atoms with E-state index >= 15 is 0 Å². The van der Waals surface area contributed by atoms with Gasteiger partial charge < -0.3 is 8.98 Å². The average Bonchev–Trinajstić information content (AvgIpc) is 3.33. The van der Waals surface area contributed by atoms with Gasteiger partial charge in [0, 0.05) is 27.9 Å². The van der Waals surface area contributed by atoms with Crippen LogP contribution in [0, 0.1) is 13.8 Å². The molecule has 0 bridgehead atoms. The van der Waals surface area contributed by atoms with E-state index in [0.717, 1.165) is 56.1 Å². The lowest BCUT2D eigenvalue weighted by molar-refractivity contribution is 0.601. The SMILES string of the molecule is C=C/C=C\c1oc2ccc(-c3cccc(-n4c(/C=C\C=C)c(C)c(C=C)c4/C=C\C)c3)cc2c1C. The maximum atomic E-state index is 6.04. The zero-order valence-corrected chi connectivity index (χ0v) is 20.7. The van der Waals surface area contributed by atoms with Gasteiger partial charge in [0.15, 0.2) is 0 Å². The predicted molar refractivity (Wildman–Crippen MR) is 154 cm³/mol. The molecule has 0 fully saturated rings. The van der Waals surface area contributed by atoms with Crippen LogP contribution >= 0.6 is 0 Å². The first-order valence-corrected chi connectivity index (χ1v) is 11.8. The maximum absolute atomic E-state index is 6.04. The summed E-state index contributed by atoms with van der Waals surface area (Å²) >= 11 is 0. The van der Waals surface area contributed by atoms with Crippen molar-refractivity contribution in [2.75, 3.05) is 0 Å². The zero-order chi connectivity index (χ0) is 24.9. The lowest BCUT2D eigenvalue weighted by Gasteiger charge is -2.13. The van der Waals surface area contributed by atoms with E-state index in [2.05, 4.69) is 98.8 Å². The second-order valence-corrected chi connectivity index (χ2v) is 8.39. The smallest absolute Gasteiger partial charge is 0.135 e. The molecule has 0 radical (unpaired) electrons. The molecule has 0 saturated carbocycles. The Balaban J connectivity index is 1.89. The van der Waals surface area contributed by atoms with E-state index in [1.165, 1.54) is 5.56 Å². The molecule has 4 aromatic rings. The van der Waals surface area contributed by atoms with Crippen LogP contribution in [0.5, 0.6) is 0 Å². The predicted octanol–water partition coefficient (Wildman–Crippen LogP) is 9.58. The summed E-state index contributed by atoms with van der Waals surface area (Å²) in [6.45, 7) is 17.9. The number of nitrogens with zero attached hydrogens (tertiary/aromatic N) is 1. The van der Waals surface area contributed by atoms with Crippen molar-refractivity contribution in [3.63, 3.8) is 0 Å². The van der Waals surface area contributed by atoms with Crippen molar-refractivity contribution >= 4 is 35.3 Å². The first-order chi connectivity index (χ1) is 17.0. The number of furan rings is 1. The Labute approximate surface area is 208 Å². The molecule has 4 rings (SSSR count). The quantitative estimate of drug-likeness (QED) is 0.241. The first kappa shape index (κ1) is 23.8. The summed E-state index contributed by atoms with van der Waals surface area (Å²) in [5, 5.41) is 1.12. The molecule has 174 valence electrons. The number of hydrogen-bond donors (Lipinski definition) is 0. The third-order valence-corrected chi connectivity index (χ3v) is 6.26. The van der Waals surface area contributed by atoms with Gasteiger partial charge in [-0.15, -0.1) is 0 Å². The Kier molecular flexibility index (Phi) is 7.03. The van der Waals surface area contributed by atoms with E-state index < -0.39 is 0 Å².